The van der Waals surface area contributed by atoms with E-state index in [1.54, 1.807) is 0 Å². The molecule has 0 spiro atoms. The van der Waals surface area contributed by atoms with E-state index in [1.165, 1.54) is 0 Å². The predicted molar refractivity (Wildman–Crippen MR) is 48.4 cm³/mol. The van der Waals surface area contributed by atoms with Crippen molar-refractivity contribution in [3.05, 3.63) is 0 Å². The third kappa shape index (κ3) is 1.51. The molecule has 1 aliphatic heterocycles. The van der Waals surface area contributed by atoms with Crippen LogP contribution in [0.3, 0.4) is 0 Å². The summed E-state index contributed by atoms with van der Waals surface area (Å²) in [5, 5.41) is 9.86. The topological polar surface area (TPSA) is 50.1 Å². The standard InChI is InChI=1S/C10H16O3/c1-6-5-13-8-4-2-3-7(11)9(8)10(6)12/h6,8-10,12H,2-5H2,1H3/p+1. The van der Waals surface area contributed by atoms with Crippen molar-refractivity contribution in [2.24, 2.45) is 11.8 Å². The number of hydrogen-bond donors (Lipinski definition) is 1. The Morgan fingerprint density at radius 1 is 1.54 bits per heavy atom. The van der Waals surface area contributed by atoms with E-state index < -0.39 is 6.10 Å². The van der Waals surface area contributed by atoms with E-state index in [2.05, 4.69) is 4.74 Å². The maximum absolute atomic E-state index is 11.6. The first-order chi connectivity index (χ1) is 6.20. The number of aliphatic hydroxyl groups is 3. The molecule has 0 radical (unpaired) electrons. The van der Waals surface area contributed by atoms with Crippen molar-refractivity contribution in [3.63, 3.8) is 0 Å². The normalized spacial score (nSPS) is 45.8. The van der Waals surface area contributed by atoms with Crippen LogP contribution in [0.2, 0.25) is 0 Å². The number of ether oxygens (including phenoxy) is 1. The van der Waals surface area contributed by atoms with Gasteiger partial charge in [-0.15, -0.1) is 0 Å². The van der Waals surface area contributed by atoms with Gasteiger partial charge in [-0.05, 0) is 6.42 Å². The fraction of sp³-hybridized carbons (Fsp3) is 0.900. The number of carbonyl (C=O) groups excluding carboxylic acids is 1. The van der Waals surface area contributed by atoms with Crippen molar-refractivity contribution < 1.29 is 14.6 Å². The summed E-state index contributed by atoms with van der Waals surface area (Å²) in [5.41, 5.74) is 0. The maximum Gasteiger partial charge on any atom is 0.167 e. The van der Waals surface area contributed by atoms with Crippen LogP contribution in [0.25, 0.3) is 0 Å². The molecule has 0 aromatic heterocycles. The lowest BCUT2D eigenvalue weighted by Gasteiger charge is -2.37. The molecule has 1 saturated heterocycles. The quantitative estimate of drug-likeness (QED) is 0.550. The minimum atomic E-state index is -0.449. The second-order valence-electron chi connectivity index (χ2n) is 4.28. The molecule has 2 fully saturated rings. The van der Waals surface area contributed by atoms with Crippen molar-refractivity contribution in [2.45, 2.75) is 38.4 Å². The number of fused-ring (bicyclic) bond motifs is 1. The molecule has 74 valence electrons. The Hall–Kier alpha value is -0.410. The maximum atomic E-state index is 11.6. The number of rotatable bonds is 0. The number of carbonyl (C=O) groups is 1. The number of aliphatic hydroxyl groups excluding tert-OH is 1. The van der Waals surface area contributed by atoms with Crippen LogP contribution in [0.4, 0.5) is 0 Å². The van der Waals surface area contributed by atoms with Crippen molar-refractivity contribution in [3.8, 4) is 0 Å². The summed E-state index contributed by atoms with van der Waals surface area (Å²) in [6.07, 6.45) is 2.24. The van der Waals surface area contributed by atoms with Crippen LogP contribution < -0.4 is 0 Å². The highest BCUT2D eigenvalue weighted by molar-refractivity contribution is 5.83. The predicted octanol–water partition coefficient (Wildman–Crippen LogP) is 0.263. The molecule has 0 aromatic rings. The van der Waals surface area contributed by atoms with Crippen LogP contribution in [0.5, 0.6) is 0 Å². The minimum Gasteiger partial charge on any atom is -0.431 e. The molecule has 4 atom stereocenters. The fourth-order valence-corrected chi connectivity index (χ4v) is 2.43. The van der Waals surface area contributed by atoms with Crippen molar-refractivity contribution in [2.75, 3.05) is 6.61 Å². The molecule has 3 nitrogen and oxygen atoms in total. The first-order valence-electron chi connectivity index (χ1n) is 5.07. The van der Waals surface area contributed by atoms with E-state index in [1.807, 2.05) is 6.92 Å². The van der Waals surface area contributed by atoms with Gasteiger partial charge in [0.1, 0.15) is 18.3 Å². The lowest BCUT2D eigenvalue weighted by molar-refractivity contribution is -0.221. The highest BCUT2D eigenvalue weighted by Gasteiger charge is 2.46. The van der Waals surface area contributed by atoms with Gasteiger partial charge in [-0.1, -0.05) is 6.92 Å². The molecule has 0 bridgehead atoms. The van der Waals surface area contributed by atoms with Crippen LogP contribution in [0.1, 0.15) is 26.2 Å². The van der Waals surface area contributed by atoms with E-state index in [4.69, 9.17) is 0 Å². The van der Waals surface area contributed by atoms with Gasteiger partial charge in [0.15, 0.2) is 6.10 Å². The molecule has 0 aromatic carbocycles. The highest BCUT2D eigenvalue weighted by Crippen LogP contribution is 2.32. The Morgan fingerprint density at radius 2 is 2.31 bits per heavy atom. The van der Waals surface area contributed by atoms with Crippen LogP contribution in [-0.2, 0) is 4.79 Å². The van der Waals surface area contributed by atoms with Gasteiger partial charge in [0.25, 0.3) is 0 Å². The monoisotopic (exact) mass is 185 g/mol. The summed E-state index contributed by atoms with van der Waals surface area (Å²) in [7, 11) is 0. The molecule has 1 saturated carbocycles. The van der Waals surface area contributed by atoms with Gasteiger partial charge >= 0.3 is 0 Å². The average Bonchev–Trinajstić information content (AvgIpc) is 2.12. The van der Waals surface area contributed by atoms with Crippen LogP contribution >= 0.6 is 0 Å². The minimum absolute atomic E-state index is 0.118. The summed E-state index contributed by atoms with van der Waals surface area (Å²) in [6.45, 7) is 2.68. The Morgan fingerprint density at radius 3 is 3.08 bits per heavy atom. The van der Waals surface area contributed by atoms with E-state index in [0.717, 1.165) is 19.4 Å². The van der Waals surface area contributed by atoms with Crippen LogP contribution in [0.15, 0.2) is 0 Å². The lowest BCUT2D eigenvalue weighted by atomic mass is 9.76. The largest absolute Gasteiger partial charge is 0.431 e. The van der Waals surface area contributed by atoms with E-state index in [-0.39, 0.29) is 23.7 Å². The van der Waals surface area contributed by atoms with E-state index in [9.17, 15) is 9.90 Å². The summed E-state index contributed by atoms with van der Waals surface area (Å²) < 4.78 is 4.45. The Bertz CT molecular complexity index is 212. The van der Waals surface area contributed by atoms with Gasteiger partial charge in [0, 0.05) is 12.8 Å². The van der Waals surface area contributed by atoms with Gasteiger partial charge in [-0.25, -0.2) is 0 Å². The second kappa shape index (κ2) is 3.39. The van der Waals surface area contributed by atoms with Crippen molar-refractivity contribution >= 4 is 5.78 Å². The molecule has 2 aliphatic rings. The van der Waals surface area contributed by atoms with Gasteiger partial charge in [0.2, 0.25) is 0 Å². The molecular formula is C10H17O3+. The van der Waals surface area contributed by atoms with Crippen LogP contribution in [0, 0.1) is 11.8 Å². The average molecular weight is 185 g/mol. The molecule has 1 aliphatic carbocycles. The van der Waals surface area contributed by atoms with Gasteiger partial charge in [-0.3, -0.25) is 4.79 Å². The molecule has 13 heavy (non-hydrogen) atoms. The third-order valence-corrected chi connectivity index (χ3v) is 3.29. The molecule has 1 heterocycles. The van der Waals surface area contributed by atoms with Crippen molar-refractivity contribution in [1.82, 2.24) is 0 Å². The summed E-state index contributed by atoms with van der Waals surface area (Å²) in [4.78, 5) is 11.6. The first-order valence-corrected chi connectivity index (χ1v) is 5.07. The van der Waals surface area contributed by atoms with Gasteiger partial charge < -0.3 is 9.84 Å². The smallest absolute Gasteiger partial charge is 0.167 e. The van der Waals surface area contributed by atoms with Crippen molar-refractivity contribution in [1.29, 1.82) is 0 Å². The fourth-order valence-electron chi connectivity index (χ4n) is 2.43. The van der Waals surface area contributed by atoms with Gasteiger partial charge in [-0.2, -0.15) is 0 Å². The number of hydrogen-bond acceptors (Lipinski definition) is 2. The lowest BCUT2D eigenvalue weighted by Crippen LogP contribution is -2.52. The van der Waals surface area contributed by atoms with E-state index >= 15 is 0 Å². The Labute approximate surface area is 78.1 Å². The molecule has 2 rings (SSSR count). The summed E-state index contributed by atoms with van der Waals surface area (Å²) >= 11 is 0. The summed E-state index contributed by atoms with van der Waals surface area (Å²) in [6, 6.07) is 0. The SMILES string of the molecule is CC1C[OH+]C2CCCC(=O)C2C1O. The molecule has 4 unspecified atom stereocenters. The highest BCUT2D eigenvalue weighted by atomic mass is 16.5. The van der Waals surface area contributed by atoms with Crippen LogP contribution in [-0.4, -0.2) is 34.4 Å². The zero-order valence-electron chi connectivity index (χ0n) is 7.94. The Kier molecular flexibility index (Phi) is 2.39. The molecule has 3 heteroatoms. The zero-order chi connectivity index (χ0) is 9.42. The molecule has 2 N–H and O–H groups in total. The number of Topliss-reactive ketones (excluding diaryl/α,β-unsaturated/α-hetero) is 1. The zero-order valence-corrected chi connectivity index (χ0v) is 7.94. The van der Waals surface area contributed by atoms with Gasteiger partial charge in [0.05, 0.1) is 12.0 Å². The molecule has 0 amide bonds. The number of ketones is 1. The third-order valence-electron chi connectivity index (χ3n) is 3.29. The molecular weight excluding hydrogens is 168 g/mol. The first kappa shape index (κ1) is 9.16. The second-order valence-corrected chi connectivity index (χ2v) is 4.28. The summed E-state index contributed by atoms with van der Waals surface area (Å²) in [5.74, 6) is 0.194. The van der Waals surface area contributed by atoms with E-state index in [0.29, 0.717) is 6.42 Å². The Balaban J connectivity index is 2.15.